The average molecular weight is 521 g/mol. The number of hydrogen-bond donors (Lipinski definition) is 0. The van der Waals surface area contributed by atoms with Crippen LogP contribution in [0, 0.1) is 30.3 Å². The summed E-state index contributed by atoms with van der Waals surface area (Å²) < 4.78 is 50.2. The monoisotopic (exact) mass is 520 g/mol. The maximum atomic E-state index is 14.9. The summed E-state index contributed by atoms with van der Waals surface area (Å²) in [6.45, 7) is 4.77. The van der Waals surface area contributed by atoms with E-state index in [0.29, 0.717) is 46.9 Å². The van der Waals surface area contributed by atoms with Gasteiger partial charge in [-0.3, -0.25) is 0 Å². The largest absolute Gasteiger partial charge is 0.493 e. The van der Waals surface area contributed by atoms with E-state index in [1.165, 1.54) is 25.3 Å². The van der Waals surface area contributed by atoms with Crippen molar-refractivity contribution in [2.24, 2.45) is 5.92 Å². The minimum Gasteiger partial charge on any atom is -0.493 e. The second kappa shape index (κ2) is 13.7. The lowest BCUT2D eigenvalue weighted by Crippen LogP contribution is -2.08. The number of halogens is 3. The minimum absolute atomic E-state index is 0.246. The Kier molecular flexibility index (Phi) is 10.1. The third-order valence-electron chi connectivity index (χ3n) is 7.67. The Morgan fingerprint density at radius 2 is 1.61 bits per heavy atom. The molecule has 0 heterocycles. The van der Waals surface area contributed by atoms with Gasteiger partial charge in [0.1, 0.15) is 11.6 Å². The number of rotatable bonds is 12. The zero-order valence-corrected chi connectivity index (χ0v) is 22.7. The summed E-state index contributed by atoms with van der Waals surface area (Å²) >= 11 is 0. The first-order chi connectivity index (χ1) is 18.5. The van der Waals surface area contributed by atoms with Crippen LogP contribution in [-0.2, 0) is 6.42 Å². The van der Waals surface area contributed by atoms with Gasteiger partial charge in [0.2, 0.25) is 0 Å². The third kappa shape index (κ3) is 7.30. The first kappa shape index (κ1) is 28.0. The van der Waals surface area contributed by atoms with E-state index < -0.39 is 11.6 Å². The maximum absolute atomic E-state index is 14.9. The highest BCUT2D eigenvalue weighted by Crippen LogP contribution is 2.35. The quantitative estimate of drug-likeness (QED) is 0.216. The summed E-state index contributed by atoms with van der Waals surface area (Å²) in [5.41, 5.74) is 4.12. The van der Waals surface area contributed by atoms with E-state index in [4.69, 9.17) is 4.74 Å². The maximum Gasteiger partial charge on any atom is 0.166 e. The van der Waals surface area contributed by atoms with E-state index in [9.17, 15) is 13.2 Å². The van der Waals surface area contributed by atoms with Crippen molar-refractivity contribution in [1.29, 1.82) is 0 Å². The van der Waals surface area contributed by atoms with Gasteiger partial charge in [0.05, 0.1) is 6.61 Å². The first-order valence-electron chi connectivity index (χ1n) is 14.1. The van der Waals surface area contributed by atoms with Gasteiger partial charge in [-0.15, -0.1) is 0 Å². The molecule has 1 aliphatic carbocycles. The molecule has 0 bridgehead atoms. The number of hydrogen-bond acceptors (Lipinski definition) is 1. The van der Waals surface area contributed by atoms with E-state index >= 15 is 0 Å². The Hall–Kier alpha value is -3.01. The molecule has 3 aromatic rings. The van der Waals surface area contributed by atoms with E-state index in [0.717, 1.165) is 49.7 Å². The van der Waals surface area contributed by atoms with E-state index in [2.05, 4.69) is 13.0 Å². The van der Waals surface area contributed by atoms with Crippen LogP contribution in [0.1, 0.15) is 81.4 Å². The van der Waals surface area contributed by atoms with Crippen molar-refractivity contribution in [3.63, 3.8) is 0 Å². The number of ether oxygens (including phenoxy) is 1. The molecule has 4 rings (SSSR count). The smallest absolute Gasteiger partial charge is 0.166 e. The zero-order valence-electron chi connectivity index (χ0n) is 22.7. The summed E-state index contributed by atoms with van der Waals surface area (Å²) in [6.07, 6.45) is 11.7. The van der Waals surface area contributed by atoms with Crippen molar-refractivity contribution in [2.45, 2.75) is 78.1 Å². The second-order valence-corrected chi connectivity index (χ2v) is 10.6. The first-order valence-corrected chi connectivity index (χ1v) is 14.1. The Bertz CT molecular complexity index is 1230. The highest BCUT2D eigenvalue weighted by molar-refractivity contribution is 5.67. The van der Waals surface area contributed by atoms with Crippen molar-refractivity contribution >= 4 is 5.57 Å². The molecule has 0 amide bonds. The molecule has 4 heteroatoms. The van der Waals surface area contributed by atoms with Crippen LogP contribution in [0.15, 0.2) is 60.7 Å². The van der Waals surface area contributed by atoms with Crippen LogP contribution < -0.4 is 4.74 Å². The SMILES string of the molecule is CCCCCCCOc1ccc(C2=CCC(CCc3ccc(-c4ccc(C)cc4)c(F)c3F)CC2)c(F)c1. The molecule has 0 fully saturated rings. The molecule has 0 saturated carbocycles. The molecular weight excluding hydrogens is 481 g/mol. The molecular formula is C34H39F3O. The molecule has 1 aliphatic rings. The highest BCUT2D eigenvalue weighted by Gasteiger charge is 2.20. The van der Waals surface area contributed by atoms with Gasteiger partial charge >= 0.3 is 0 Å². The van der Waals surface area contributed by atoms with Gasteiger partial charge in [-0.1, -0.05) is 80.6 Å². The van der Waals surface area contributed by atoms with Crippen LogP contribution in [0.4, 0.5) is 13.2 Å². The number of allylic oxidation sites excluding steroid dienone is 2. The summed E-state index contributed by atoms with van der Waals surface area (Å²) in [4.78, 5) is 0. The highest BCUT2D eigenvalue weighted by atomic mass is 19.2. The minimum atomic E-state index is -0.781. The number of unbranched alkanes of at least 4 members (excludes halogenated alkanes) is 4. The molecule has 3 aromatic carbocycles. The van der Waals surface area contributed by atoms with Gasteiger partial charge < -0.3 is 4.74 Å². The van der Waals surface area contributed by atoms with Crippen LogP contribution in [0.2, 0.25) is 0 Å². The van der Waals surface area contributed by atoms with Crippen molar-refractivity contribution in [3.05, 3.63) is 94.8 Å². The standard InChI is InChI=1S/C34H39F3O/c1-3-4-5-6-7-22-38-29-19-21-30(32(35)23-29)26-15-10-25(11-16-26)12-17-28-18-20-31(34(37)33(28)36)27-13-8-24(2)9-14-27/h8-9,13-15,18-21,23,25H,3-7,10-12,16-17,22H2,1-2H3. The lowest BCUT2D eigenvalue weighted by molar-refractivity contribution is 0.303. The Morgan fingerprint density at radius 1 is 0.842 bits per heavy atom. The third-order valence-corrected chi connectivity index (χ3v) is 7.67. The van der Waals surface area contributed by atoms with Crippen LogP contribution >= 0.6 is 0 Å². The molecule has 1 atom stereocenters. The molecule has 202 valence electrons. The molecule has 0 saturated heterocycles. The van der Waals surface area contributed by atoms with Gasteiger partial charge in [0.15, 0.2) is 11.6 Å². The molecule has 0 radical (unpaired) electrons. The predicted molar refractivity (Wildman–Crippen MR) is 151 cm³/mol. The van der Waals surface area contributed by atoms with Crippen LogP contribution in [0.3, 0.4) is 0 Å². The van der Waals surface area contributed by atoms with E-state index in [1.54, 1.807) is 12.1 Å². The number of aryl methyl sites for hydroxylation is 2. The van der Waals surface area contributed by atoms with E-state index in [1.807, 2.05) is 43.3 Å². The summed E-state index contributed by atoms with van der Waals surface area (Å²) in [7, 11) is 0. The van der Waals surface area contributed by atoms with Gasteiger partial charge in [-0.2, -0.15) is 0 Å². The summed E-state index contributed by atoms with van der Waals surface area (Å²) in [5.74, 6) is -0.823. The van der Waals surface area contributed by atoms with Gasteiger partial charge in [-0.05, 0) is 80.2 Å². The Morgan fingerprint density at radius 3 is 2.32 bits per heavy atom. The lowest BCUT2D eigenvalue weighted by atomic mass is 9.83. The molecule has 0 spiro atoms. The lowest BCUT2D eigenvalue weighted by Gasteiger charge is -2.23. The molecule has 1 nitrogen and oxygen atoms in total. The topological polar surface area (TPSA) is 9.23 Å². The van der Waals surface area contributed by atoms with Crippen LogP contribution in [0.5, 0.6) is 5.75 Å². The van der Waals surface area contributed by atoms with Gasteiger partial charge in [0, 0.05) is 17.2 Å². The molecule has 38 heavy (non-hydrogen) atoms. The second-order valence-electron chi connectivity index (χ2n) is 10.6. The summed E-state index contributed by atoms with van der Waals surface area (Å²) in [5, 5.41) is 0. The van der Waals surface area contributed by atoms with Crippen molar-refractivity contribution in [2.75, 3.05) is 6.61 Å². The average Bonchev–Trinajstić information content (AvgIpc) is 2.93. The fourth-order valence-corrected chi connectivity index (χ4v) is 5.24. The van der Waals surface area contributed by atoms with Gasteiger partial charge in [-0.25, -0.2) is 13.2 Å². The zero-order chi connectivity index (χ0) is 26.9. The predicted octanol–water partition coefficient (Wildman–Crippen LogP) is 10.2. The molecule has 0 aromatic heterocycles. The van der Waals surface area contributed by atoms with Crippen molar-refractivity contribution in [1.82, 2.24) is 0 Å². The summed E-state index contributed by atoms with van der Waals surface area (Å²) in [6, 6.07) is 16.0. The Labute approximate surface area is 225 Å². The van der Waals surface area contributed by atoms with Crippen molar-refractivity contribution < 1.29 is 17.9 Å². The van der Waals surface area contributed by atoms with Crippen LogP contribution in [-0.4, -0.2) is 6.61 Å². The van der Waals surface area contributed by atoms with Gasteiger partial charge in [0.25, 0.3) is 0 Å². The van der Waals surface area contributed by atoms with Crippen LogP contribution in [0.25, 0.3) is 16.7 Å². The molecule has 0 N–H and O–H groups in total. The normalized spacial score (nSPS) is 15.4. The van der Waals surface area contributed by atoms with E-state index in [-0.39, 0.29) is 5.82 Å². The fourth-order valence-electron chi connectivity index (χ4n) is 5.24. The fraction of sp³-hybridized carbons (Fsp3) is 0.412. The van der Waals surface area contributed by atoms with Crippen molar-refractivity contribution in [3.8, 4) is 16.9 Å². The Balaban J connectivity index is 1.29. The molecule has 1 unspecified atom stereocenters. The number of benzene rings is 3. The molecule has 0 aliphatic heterocycles.